The van der Waals surface area contributed by atoms with E-state index in [1.54, 1.807) is 7.11 Å². The van der Waals surface area contributed by atoms with E-state index in [-0.39, 0.29) is 17.8 Å². The lowest BCUT2D eigenvalue weighted by Gasteiger charge is -2.19. The van der Waals surface area contributed by atoms with Gasteiger partial charge in [-0.3, -0.25) is 9.69 Å². The van der Waals surface area contributed by atoms with Crippen molar-refractivity contribution < 1.29 is 19.0 Å². The summed E-state index contributed by atoms with van der Waals surface area (Å²) in [6.07, 6.45) is 0. The topological polar surface area (TPSA) is 48.0 Å². The highest BCUT2D eigenvalue weighted by Gasteiger charge is 2.39. The van der Waals surface area contributed by atoms with Crippen LogP contribution in [0.1, 0.15) is 30.9 Å². The van der Waals surface area contributed by atoms with Crippen LogP contribution in [0.15, 0.2) is 48.5 Å². The molecular weight excluding hydrogens is 354 g/mol. The summed E-state index contributed by atoms with van der Waals surface area (Å²) in [5.74, 6) is 1.17. The minimum atomic E-state index is -0.189. The van der Waals surface area contributed by atoms with Crippen LogP contribution in [0.2, 0.25) is 0 Å². The van der Waals surface area contributed by atoms with E-state index in [9.17, 15) is 4.79 Å². The first-order chi connectivity index (χ1) is 13.7. The van der Waals surface area contributed by atoms with Crippen molar-refractivity contribution in [2.24, 2.45) is 5.92 Å². The Morgan fingerprint density at radius 1 is 1.04 bits per heavy atom. The Morgan fingerprint density at radius 2 is 1.82 bits per heavy atom. The Hall–Kier alpha value is -2.53. The molecule has 0 amide bonds. The molecule has 0 aliphatic carbocycles. The third kappa shape index (κ3) is 4.65. The van der Waals surface area contributed by atoms with E-state index in [0.29, 0.717) is 25.5 Å². The standard InChI is InChI=1S/C23H29NO4/c1-4-27-21-12-11-18(13-22(21)26-3)19-15-24(14-17-9-7-6-8-10-17)16-20(19)23(25)28-5-2/h6-13,19-20H,4-5,14-16H2,1-3H3. The second-order valence-electron chi connectivity index (χ2n) is 6.99. The molecule has 2 aromatic rings. The second-order valence-corrected chi connectivity index (χ2v) is 6.99. The van der Waals surface area contributed by atoms with Crippen LogP contribution in [-0.4, -0.2) is 44.3 Å². The molecule has 28 heavy (non-hydrogen) atoms. The van der Waals surface area contributed by atoms with Crippen molar-refractivity contribution in [1.29, 1.82) is 0 Å². The first-order valence-electron chi connectivity index (χ1n) is 9.89. The Morgan fingerprint density at radius 3 is 2.50 bits per heavy atom. The highest BCUT2D eigenvalue weighted by atomic mass is 16.5. The van der Waals surface area contributed by atoms with E-state index in [2.05, 4.69) is 17.0 Å². The minimum Gasteiger partial charge on any atom is -0.493 e. The largest absolute Gasteiger partial charge is 0.493 e. The summed E-state index contributed by atoms with van der Waals surface area (Å²) in [5, 5.41) is 0. The van der Waals surface area contributed by atoms with Gasteiger partial charge in [-0.05, 0) is 37.1 Å². The number of likely N-dealkylation sites (tertiary alicyclic amines) is 1. The summed E-state index contributed by atoms with van der Waals surface area (Å²) < 4.78 is 16.5. The third-order valence-electron chi connectivity index (χ3n) is 5.15. The van der Waals surface area contributed by atoms with Gasteiger partial charge in [0.05, 0.1) is 26.2 Å². The second kappa shape index (κ2) is 9.60. The zero-order valence-corrected chi connectivity index (χ0v) is 16.9. The van der Waals surface area contributed by atoms with Crippen LogP contribution in [0, 0.1) is 5.92 Å². The summed E-state index contributed by atoms with van der Waals surface area (Å²) in [6.45, 7) is 7.08. The molecule has 0 radical (unpaired) electrons. The van der Waals surface area contributed by atoms with Crippen LogP contribution in [-0.2, 0) is 16.1 Å². The molecule has 0 aromatic heterocycles. The van der Waals surface area contributed by atoms with Crippen LogP contribution in [0.3, 0.4) is 0 Å². The van der Waals surface area contributed by atoms with Gasteiger partial charge in [0.25, 0.3) is 0 Å². The Bertz CT molecular complexity index is 777. The van der Waals surface area contributed by atoms with E-state index in [4.69, 9.17) is 14.2 Å². The molecule has 5 heteroatoms. The van der Waals surface area contributed by atoms with Gasteiger partial charge < -0.3 is 14.2 Å². The average molecular weight is 383 g/mol. The predicted octanol–water partition coefficient (Wildman–Crippen LogP) is 3.87. The van der Waals surface area contributed by atoms with Crippen molar-refractivity contribution in [2.45, 2.75) is 26.3 Å². The van der Waals surface area contributed by atoms with Crippen molar-refractivity contribution in [2.75, 3.05) is 33.4 Å². The normalized spacial score (nSPS) is 19.4. The fraction of sp³-hybridized carbons (Fsp3) is 0.435. The summed E-state index contributed by atoms with van der Waals surface area (Å²) in [4.78, 5) is 15.0. The minimum absolute atomic E-state index is 0.0624. The third-order valence-corrected chi connectivity index (χ3v) is 5.15. The fourth-order valence-corrected chi connectivity index (χ4v) is 3.87. The first-order valence-corrected chi connectivity index (χ1v) is 9.89. The quantitative estimate of drug-likeness (QED) is 0.648. The highest BCUT2D eigenvalue weighted by Crippen LogP contribution is 2.38. The van der Waals surface area contributed by atoms with Gasteiger partial charge in [0.2, 0.25) is 0 Å². The van der Waals surface area contributed by atoms with Crippen LogP contribution >= 0.6 is 0 Å². The molecular formula is C23H29NO4. The molecule has 0 saturated carbocycles. The molecule has 1 fully saturated rings. The van der Waals surface area contributed by atoms with Gasteiger partial charge >= 0.3 is 5.97 Å². The number of hydrogen-bond acceptors (Lipinski definition) is 5. The van der Waals surface area contributed by atoms with Gasteiger partial charge in [-0.15, -0.1) is 0 Å². The van der Waals surface area contributed by atoms with Crippen LogP contribution in [0.25, 0.3) is 0 Å². The molecule has 2 aromatic carbocycles. The van der Waals surface area contributed by atoms with Gasteiger partial charge in [0.15, 0.2) is 11.5 Å². The zero-order valence-electron chi connectivity index (χ0n) is 16.9. The lowest BCUT2D eigenvalue weighted by atomic mass is 9.89. The van der Waals surface area contributed by atoms with E-state index in [0.717, 1.165) is 24.4 Å². The molecule has 1 aliphatic rings. The number of benzene rings is 2. The molecule has 5 nitrogen and oxygen atoms in total. The Labute approximate surface area is 167 Å². The number of methoxy groups -OCH3 is 1. The maximum absolute atomic E-state index is 12.6. The molecule has 1 saturated heterocycles. The SMILES string of the molecule is CCOC(=O)C1CN(Cc2ccccc2)CC1c1ccc(OCC)c(OC)c1. The average Bonchev–Trinajstić information content (AvgIpc) is 3.13. The fourth-order valence-electron chi connectivity index (χ4n) is 3.87. The van der Waals surface area contributed by atoms with Crippen molar-refractivity contribution >= 4 is 5.97 Å². The smallest absolute Gasteiger partial charge is 0.310 e. The van der Waals surface area contributed by atoms with Crippen LogP contribution in [0.4, 0.5) is 0 Å². The molecule has 0 N–H and O–H groups in total. The molecule has 0 spiro atoms. The number of carbonyl (C=O) groups is 1. The Balaban J connectivity index is 1.84. The van der Waals surface area contributed by atoms with Gasteiger partial charge in [-0.25, -0.2) is 0 Å². The number of carbonyl (C=O) groups excluding carboxylic acids is 1. The molecule has 2 atom stereocenters. The van der Waals surface area contributed by atoms with Gasteiger partial charge in [0, 0.05) is 25.6 Å². The first kappa shape index (κ1) is 20.2. The molecule has 1 heterocycles. The van der Waals surface area contributed by atoms with E-state index in [1.807, 2.05) is 50.2 Å². The molecule has 0 bridgehead atoms. The number of rotatable bonds is 8. The maximum atomic E-state index is 12.6. The van der Waals surface area contributed by atoms with Gasteiger partial charge in [-0.1, -0.05) is 36.4 Å². The van der Waals surface area contributed by atoms with Crippen molar-refractivity contribution in [3.8, 4) is 11.5 Å². The summed E-state index contributed by atoms with van der Waals surface area (Å²) in [5.41, 5.74) is 2.32. The molecule has 3 rings (SSSR count). The van der Waals surface area contributed by atoms with E-state index < -0.39 is 0 Å². The molecule has 1 aliphatic heterocycles. The van der Waals surface area contributed by atoms with Gasteiger partial charge in [0.1, 0.15) is 0 Å². The lowest BCUT2D eigenvalue weighted by molar-refractivity contribution is -0.148. The van der Waals surface area contributed by atoms with Crippen LogP contribution in [0.5, 0.6) is 11.5 Å². The van der Waals surface area contributed by atoms with Crippen molar-refractivity contribution in [3.63, 3.8) is 0 Å². The summed E-state index contributed by atoms with van der Waals surface area (Å²) in [6, 6.07) is 16.3. The zero-order chi connectivity index (χ0) is 19.9. The Kier molecular flexibility index (Phi) is 6.93. The lowest BCUT2D eigenvalue weighted by Crippen LogP contribution is -2.25. The highest BCUT2D eigenvalue weighted by molar-refractivity contribution is 5.74. The summed E-state index contributed by atoms with van der Waals surface area (Å²) in [7, 11) is 1.64. The predicted molar refractivity (Wildman–Crippen MR) is 109 cm³/mol. The number of esters is 1. The van der Waals surface area contributed by atoms with E-state index >= 15 is 0 Å². The molecule has 150 valence electrons. The number of ether oxygens (including phenoxy) is 3. The maximum Gasteiger partial charge on any atom is 0.310 e. The van der Waals surface area contributed by atoms with Crippen LogP contribution < -0.4 is 9.47 Å². The van der Waals surface area contributed by atoms with E-state index in [1.165, 1.54) is 5.56 Å². The number of hydrogen-bond donors (Lipinski definition) is 0. The van der Waals surface area contributed by atoms with Gasteiger partial charge in [-0.2, -0.15) is 0 Å². The monoisotopic (exact) mass is 383 g/mol. The van der Waals surface area contributed by atoms with Crippen molar-refractivity contribution in [1.82, 2.24) is 4.90 Å². The molecule has 2 unspecified atom stereocenters. The number of nitrogens with zero attached hydrogens (tertiary/aromatic N) is 1. The van der Waals surface area contributed by atoms with Crippen molar-refractivity contribution in [3.05, 3.63) is 59.7 Å². The summed E-state index contributed by atoms with van der Waals surface area (Å²) >= 11 is 0.